The van der Waals surface area contributed by atoms with E-state index in [0.29, 0.717) is 31.1 Å². The van der Waals surface area contributed by atoms with E-state index in [1.165, 1.54) is 12.2 Å². The van der Waals surface area contributed by atoms with Gasteiger partial charge >= 0.3 is 18.2 Å². The van der Waals surface area contributed by atoms with E-state index in [2.05, 4.69) is 23.5 Å². The number of carboxylic acids is 1. The van der Waals surface area contributed by atoms with Crippen molar-refractivity contribution in [3.05, 3.63) is 55.8 Å². The van der Waals surface area contributed by atoms with E-state index in [-0.39, 0.29) is 31.1 Å². The molecule has 12 heteroatoms. The van der Waals surface area contributed by atoms with Gasteiger partial charge in [0.2, 0.25) is 5.91 Å². The fourth-order valence-corrected chi connectivity index (χ4v) is 6.72. The number of aromatic nitrogens is 1. The first-order valence-electron chi connectivity index (χ1n) is 16.3. The van der Waals surface area contributed by atoms with Crippen LogP contribution < -0.4 is 10.1 Å². The van der Waals surface area contributed by atoms with Crippen molar-refractivity contribution in [3.63, 3.8) is 0 Å². The molecule has 1 saturated carbocycles. The number of piperidine rings is 1. The van der Waals surface area contributed by atoms with Gasteiger partial charge < -0.3 is 24.2 Å². The average Bonchev–Trinajstić information content (AvgIpc) is 3.08. The third-order valence-electron chi connectivity index (χ3n) is 9.13. The number of carboxylic acid groups (broad SMARTS) is 1. The first-order valence-corrected chi connectivity index (χ1v) is 16.3. The lowest BCUT2D eigenvalue weighted by atomic mass is 9.73. The Morgan fingerprint density at radius 1 is 1.04 bits per heavy atom. The number of nitrogens with one attached hydrogen (secondary N) is 1. The summed E-state index contributed by atoms with van der Waals surface area (Å²) < 4.78 is 16.5. The zero-order valence-corrected chi connectivity index (χ0v) is 27.2. The van der Waals surface area contributed by atoms with Gasteiger partial charge in [0.25, 0.3) is 0 Å². The molecule has 1 aliphatic heterocycles. The van der Waals surface area contributed by atoms with Crippen molar-refractivity contribution in [1.82, 2.24) is 14.8 Å². The summed E-state index contributed by atoms with van der Waals surface area (Å²) in [6, 6.07) is 7.15. The number of ether oxygens (including phenoxy) is 3. The highest BCUT2D eigenvalue weighted by Gasteiger charge is 2.52. The number of anilines is 1. The van der Waals surface area contributed by atoms with Gasteiger partial charge in [-0.3, -0.25) is 19.8 Å². The predicted octanol–water partition coefficient (Wildman–Crippen LogP) is 6.17. The Labute approximate surface area is 275 Å². The Balaban J connectivity index is 1.50. The lowest BCUT2D eigenvalue weighted by Gasteiger charge is -2.49. The molecule has 0 bridgehead atoms. The summed E-state index contributed by atoms with van der Waals surface area (Å²) in [6.07, 6.45) is 10.4. The minimum atomic E-state index is -1.39. The SMILES string of the molecule is C=CCOC(=O)Nc1nccc2cc(OCCC3CCCCN3C(=O)[C@@](C)(C3CCCCC3)N(CC(=O)O)C(=O)OCC=C)ccc12. The lowest BCUT2D eigenvalue weighted by Crippen LogP contribution is -2.66. The van der Waals surface area contributed by atoms with Gasteiger partial charge in [0.15, 0.2) is 0 Å². The number of benzene rings is 1. The van der Waals surface area contributed by atoms with E-state index in [1.54, 1.807) is 19.2 Å². The Hall–Kier alpha value is -4.61. The summed E-state index contributed by atoms with van der Waals surface area (Å²) in [7, 11) is 0. The average molecular weight is 651 g/mol. The standard InChI is InChI=1S/C35H46N4O8/c1-4-20-46-33(43)37-31-29-15-14-28(23-25(29)16-18-36-31)45-22-17-27-13-9-10-19-38(27)32(42)35(3,26-11-7-6-8-12-26)39(24-30(40)41)34(44)47-21-5-2/h4-5,14-16,18,23,26-27H,1-2,6-13,17,19-22,24H2,3H3,(H,40,41)(H,36,37,43)/t27?,35-/m1/s1. The van der Waals surface area contributed by atoms with Crippen LogP contribution in [0.1, 0.15) is 64.7 Å². The molecule has 1 aromatic carbocycles. The van der Waals surface area contributed by atoms with E-state index in [0.717, 1.165) is 67.0 Å². The molecule has 12 nitrogen and oxygen atoms in total. The lowest BCUT2D eigenvalue weighted by molar-refractivity contribution is -0.154. The monoisotopic (exact) mass is 650 g/mol. The van der Waals surface area contributed by atoms with Crippen molar-refractivity contribution in [2.24, 2.45) is 5.92 Å². The highest BCUT2D eigenvalue weighted by Crippen LogP contribution is 2.40. The van der Waals surface area contributed by atoms with Crippen molar-refractivity contribution in [3.8, 4) is 5.75 Å². The van der Waals surface area contributed by atoms with Gasteiger partial charge in [-0.1, -0.05) is 44.6 Å². The molecule has 0 radical (unpaired) electrons. The van der Waals surface area contributed by atoms with Crippen LogP contribution in [0, 0.1) is 5.92 Å². The number of fused-ring (bicyclic) bond motifs is 1. The van der Waals surface area contributed by atoms with Crippen LogP contribution in [-0.2, 0) is 19.1 Å². The Bertz CT molecular complexity index is 1440. The molecule has 254 valence electrons. The van der Waals surface area contributed by atoms with E-state index < -0.39 is 30.2 Å². The fourth-order valence-electron chi connectivity index (χ4n) is 6.72. The maximum atomic E-state index is 14.6. The van der Waals surface area contributed by atoms with Gasteiger partial charge in [-0.05, 0) is 74.6 Å². The molecule has 2 aliphatic rings. The topological polar surface area (TPSA) is 148 Å². The zero-order valence-electron chi connectivity index (χ0n) is 27.2. The van der Waals surface area contributed by atoms with E-state index in [4.69, 9.17) is 14.2 Å². The Kier molecular flexibility index (Phi) is 12.6. The molecule has 47 heavy (non-hydrogen) atoms. The van der Waals surface area contributed by atoms with Crippen LogP contribution in [0.15, 0.2) is 55.8 Å². The number of amides is 3. The van der Waals surface area contributed by atoms with E-state index in [1.807, 2.05) is 23.1 Å². The first-order chi connectivity index (χ1) is 22.7. The second kappa shape index (κ2) is 16.8. The minimum Gasteiger partial charge on any atom is -0.493 e. The Morgan fingerprint density at radius 3 is 2.49 bits per heavy atom. The number of hydrogen-bond donors (Lipinski definition) is 2. The smallest absolute Gasteiger partial charge is 0.413 e. The molecule has 4 rings (SSSR count). The van der Waals surface area contributed by atoms with Crippen LogP contribution in [0.2, 0.25) is 0 Å². The summed E-state index contributed by atoms with van der Waals surface area (Å²) in [5.74, 6) is -0.655. The number of aliphatic carboxylic acids is 1. The van der Waals surface area contributed by atoms with Crippen LogP contribution in [0.25, 0.3) is 10.8 Å². The van der Waals surface area contributed by atoms with Crippen molar-refractivity contribution >= 4 is 40.7 Å². The van der Waals surface area contributed by atoms with Gasteiger partial charge in [0, 0.05) is 30.6 Å². The molecular weight excluding hydrogens is 604 g/mol. The largest absolute Gasteiger partial charge is 0.493 e. The number of hydrogen-bond acceptors (Lipinski definition) is 8. The normalized spacial score (nSPS) is 18.0. The molecule has 2 heterocycles. The summed E-state index contributed by atoms with van der Waals surface area (Å²) in [6.45, 7) is 9.06. The molecule has 2 aromatic rings. The second-order valence-corrected chi connectivity index (χ2v) is 12.2. The summed E-state index contributed by atoms with van der Waals surface area (Å²) >= 11 is 0. The van der Waals surface area contributed by atoms with Crippen molar-refractivity contribution in [1.29, 1.82) is 0 Å². The quantitative estimate of drug-likeness (QED) is 0.229. The highest BCUT2D eigenvalue weighted by atomic mass is 16.6. The van der Waals surface area contributed by atoms with Crippen LogP contribution in [-0.4, -0.2) is 88.4 Å². The van der Waals surface area contributed by atoms with Crippen LogP contribution in [0.4, 0.5) is 15.4 Å². The number of carbonyl (C=O) groups excluding carboxylic acids is 3. The van der Waals surface area contributed by atoms with Gasteiger partial charge in [0.1, 0.15) is 36.9 Å². The van der Waals surface area contributed by atoms with Gasteiger partial charge in [-0.25, -0.2) is 14.6 Å². The van der Waals surface area contributed by atoms with Crippen LogP contribution in [0.5, 0.6) is 5.75 Å². The zero-order chi connectivity index (χ0) is 33.8. The van der Waals surface area contributed by atoms with E-state index in [9.17, 15) is 24.3 Å². The number of nitrogens with zero attached hydrogens (tertiary/aromatic N) is 3. The van der Waals surface area contributed by atoms with Gasteiger partial charge in [-0.15, -0.1) is 0 Å². The Morgan fingerprint density at radius 2 is 1.77 bits per heavy atom. The molecule has 3 amide bonds. The molecule has 1 unspecified atom stereocenters. The number of likely N-dealkylation sites (tertiary alicyclic amines) is 1. The molecule has 1 aliphatic carbocycles. The maximum absolute atomic E-state index is 14.6. The molecule has 2 atom stereocenters. The fraction of sp³-hybridized carbons (Fsp3) is 0.514. The number of rotatable bonds is 14. The second-order valence-electron chi connectivity index (χ2n) is 12.2. The number of pyridine rings is 1. The maximum Gasteiger partial charge on any atom is 0.413 e. The third-order valence-corrected chi connectivity index (χ3v) is 9.13. The molecule has 0 spiro atoms. The number of carbonyl (C=O) groups is 4. The summed E-state index contributed by atoms with van der Waals surface area (Å²) in [4.78, 5) is 59.2. The van der Waals surface area contributed by atoms with E-state index >= 15 is 0 Å². The predicted molar refractivity (Wildman–Crippen MR) is 177 cm³/mol. The molecular formula is C35H46N4O8. The molecule has 1 saturated heterocycles. The van der Waals surface area contributed by atoms with Gasteiger partial charge in [-0.2, -0.15) is 0 Å². The van der Waals surface area contributed by atoms with Crippen molar-refractivity contribution < 1.29 is 38.5 Å². The van der Waals surface area contributed by atoms with Crippen molar-refractivity contribution in [2.45, 2.75) is 76.3 Å². The van der Waals surface area contributed by atoms with Crippen molar-refractivity contribution in [2.75, 3.05) is 38.2 Å². The summed E-state index contributed by atoms with van der Waals surface area (Å²) in [5.41, 5.74) is -1.39. The minimum absolute atomic E-state index is 0.0844. The summed E-state index contributed by atoms with van der Waals surface area (Å²) in [5, 5.41) is 14.0. The van der Waals surface area contributed by atoms with Crippen LogP contribution >= 0.6 is 0 Å². The van der Waals surface area contributed by atoms with Gasteiger partial charge in [0.05, 0.1) is 6.61 Å². The van der Waals surface area contributed by atoms with Crippen LogP contribution in [0.3, 0.4) is 0 Å². The molecule has 1 aromatic heterocycles. The first kappa shape index (κ1) is 35.2. The molecule has 2 fully saturated rings. The third kappa shape index (κ3) is 8.81. The highest BCUT2D eigenvalue weighted by molar-refractivity contribution is 5.98. The molecule has 2 N–H and O–H groups in total.